The molecule has 1 aliphatic rings. The van der Waals surface area contributed by atoms with Gasteiger partial charge in [-0.2, -0.15) is 0 Å². The molecular weight excluding hydrogens is 388 g/mol. The highest BCUT2D eigenvalue weighted by Gasteiger charge is 2.39. The molecule has 3 rings (SSSR count). The largest absolute Gasteiger partial charge is 0.374 e. The molecule has 0 aliphatic carbocycles. The van der Waals surface area contributed by atoms with Crippen LogP contribution in [-0.2, 0) is 5.41 Å². The second kappa shape index (κ2) is 10.7. The van der Waals surface area contributed by atoms with Gasteiger partial charge in [0, 0.05) is 31.2 Å². The Morgan fingerprint density at radius 2 is 1.88 bits per heavy atom. The fourth-order valence-corrected chi connectivity index (χ4v) is 5.50. The predicted octanol–water partition coefficient (Wildman–Crippen LogP) is 7.24. The standard InChI is InChI=1S/C30H44N2/c1-8-19-31(7)29-13-9-12-28(26(29)5)30(6)22-32(21-18-25(30)4)20-10-11-24(3)27-16-14-23(2)15-17-27/h9,12-17,25H,3,8,10-11,18-22H2,1-2,4-7H3/t25?,30-/m0/s1. The molecule has 1 saturated heterocycles. The molecule has 1 aliphatic heterocycles. The molecule has 0 spiro atoms. The number of allylic oxidation sites excluding steroid dienone is 1. The highest BCUT2D eigenvalue weighted by atomic mass is 15.1. The van der Waals surface area contributed by atoms with E-state index in [1.165, 1.54) is 53.8 Å². The van der Waals surface area contributed by atoms with E-state index in [9.17, 15) is 0 Å². The van der Waals surface area contributed by atoms with Crippen molar-refractivity contribution in [1.82, 2.24) is 4.90 Å². The summed E-state index contributed by atoms with van der Waals surface area (Å²) in [5, 5.41) is 0. The van der Waals surface area contributed by atoms with Gasteiger partial charge in [0.05, 0.1) is 0 Å². The molecule has 174 valence electrons. The Bertz CT molecular complexity index is 898. The number of piperidine rings is 1. The molecule has 32 heavy (non-hydrogen) atoms. The van der Waals surface area contributed by atoms with E-state index in [-0.39, 0.29) is 5.41 Å². The summed E-state index contributed by atoms with van der Waals surface area (Å²) in [5.41, 5.74) is 8.45. The Kier molecular flexibility index (Phi) is 8.22. The lowest BCUT2D eigenvalue weighted by molar-refractivity contribution is 0.107. The van der Waals surface area contributed by atoms with Crippen molar-refractivity contribution in [2.24, 2.45) is 5.92 Å². The van der Waals surface area contributed by atoms with Gasteiger partial charge in [0.2, 0.25) is 0 Å². The third-order valence-electron chi connectivity index (χ3n) is 7.82. The number of benzene rings is 2. The van der Waals surface area contributed by atoms with Gasteiger partial charge in [-0.3, -0.25) is 0 Å². The van der Waals surface area contributed by atoms with Crippen LogP contribution in [0, 0.1) is 19.8 Å². The Hall–Kier alpha value is -2.06. The van der Waals surface area contributed by atoms with Crippen LogP contribution in [0.2, 0.25) is 0 Å². The van der Waals surface area contributed by atoms with Gasteiger partial charge in [-0.15, -0.1) is 0 Å². The summed E-state index contributed by atoms with van der Waals surface area (Å²) >= 11 is 0. The Morgan fingerprint density at radius 1 is 1.16 bits per heavy atom. The van der Waals surface area contributed by atoms with Crippen LogP contribution < -0.4 is 4.90 Å². The van der Waals surface area contributed by atoms with Gasteiger partial charge >= 0.3 is 0 Å². The van der Waals surface area contributed by atoms with Crippen LogP contribution in [0.1, 0.15) is 68.7 Å². The first-order valence-electron chi connectivity index (χ1n) is 12.5. The monoisotopic (exact) mass is 432 g/mol. The molecule has 2 nitrogen and oxygen atoms in total. The van der Waals surface area contributed by atoms with E-state index < -0.39 is 0 Å². The molecule has 1 unspecified atom stereocenters. The summed E-state index contributed by atoms with van der Waals surface area (Å²) in [5.74, 6) is 0.687. The lowest BCUT2D eigenvalue weighted by Gasteiger charge is -2.46. The average molecular weight is 433 g/mol. The maximum Gasteiger partial charge on any atom is 0.0396 e. The normalized spacial score (nSPS) is 21.5. The zero-order valence-electron chi connectivity index (χ0n) is 21.4. The van der Waals surface area contributed by atoms with E-state index >= 15 is 0 Å². The van der Waals surface area contributed by atoms with Crippen LogP contribution in [0.4, 0.5) is 5.69 Å². The smallest absolute Gasteiger partial charge is 0.0396 e. The van der Waals surface area contributed by atoms with E-state index in [1.807, 2.05) is 0 Å². The molecule has 2 atom stereocenters. The summed E-state index contributed by atoms with van der Waals surface area (Å²) in [4.78, 5) is 5.12. The molecule has 2 heteroatoms. The van der Waals surface area contributed by atoms with E-state index in [2.05, 4.69) is 101 Å². The van der Waals surface area contributed by atoms with Crippen molar-refractivity contribution in [2.45, 2.75) is 65.7 Å². The first-order valence-corrected chi connectivity index (χ1v) is 12.5. The molecule has 2 aromatic carbocycles. The van der Waals surface area contributed by atoms with E-state index in [1.54, 1.807) is 5.56 Å². The maximum atomic E-state index is 4.36. The van der Waals surface area contributed by atoms with Gasteiger partial charge < -0.3 is 9.80 Å². The van der Waals surface area contributed by atoms with Crippen LogP contribution in [0.25, 0.3) is 5.57 Å². The van der Waals surface area contributed by atoms with Crippen molar-refractivity contribution in [2.75, 3.05) is 38.1 Å². The van der Waals surface area contributed by atoms with Gasteiger partial charge in [0.1, 0.15) is 0 Å². The summed E-state index contributed by atoms with van der Waals surface area (Å²) in [6, 6.07) is 15.7. The van der Waals surface area contributed by atoms with Crippen molar-refractivity contribution in [3.8, 4) is 0 Å². The third kappa shape index (κ3) is 5.46. The van der Waals surface area contributed by atoms with Crippen molar-refractivity contribution in [1.29, 1.82) is 0 Å². The maximum absolute atomic E-state index is 4.36. The Balaban J connectivity index is 1.67. The van der Waals surface area contributed by atoms with Crippen LogP contribution in [-0.4, -0.2) is 38.1 Å². The van der Waals surface area contributed by atoms with Gasteiger partial charge in [-0.25, -0.2) is 0 Å². The van der Waals surface area contributed by atoms with Crippen LogP contribution in [0.5, 0.6) is 0 Å². The van der Waals surface area contributed by atoms with E-state index in [0.717, 1.165) is 26.1 Å². The first-order chi connectivity index (χ1) is 15.3. The fraction of sp³-hybridized carbons (Fsp3) is 0.533. The average Bonchev–Trinajstić information content (AvgIpc) is 2.77. The second-order valence-corrected chi connectivity index (χ2v) is 10.3. The minimum Gasteiger partial charge on any atom is -0.374 e. The fourth-order valence-electron chi connectivity index (χ4n) is 5.50. The van der Waals surface area contributed by atoms with Gasteiger partial charge in [0.25, 0.3) is 0 Å². The highest BCUT2D eigenvalue weighted by molar-refractivity contribution is 5.63. The topological polar surface area (TPSA) is 6.48 Å². The van der Waals surface area contributed by atoms with Crippen molar-refractivity contribution in [3.05, 3.63) is 71.3 Å². The first kappa shape index (κ1) is 24.6. The molecule has 0 bridgehead atoms. The van der Waals surface area contributed by atoms with Crippen LogP contribution in [0.15, 0.2) is 49.0 Å². The lowest BCUT2D eigenvalue weighted by Crippen LogP contribution is -2.49. The van der Waals surface area contributed by atoms with Crippen molar-refractivity contribution < 1.29 is 0 Å². The summed E-state index contributed by atoms with van der Waals surface area (Å²) in [6.45, 7) is 20.7. The second-order valence-electron chi connectivity index (χ2n) is 10.3. The number of anilines is 1. The zero-order valence-corrected chi connectivity index (χ0v) is 21.4. The number of hydrogen-bond acceptors (Lipinski definition) is 2. The number of nitrogens with zero attached hydrogens (tertiary/aromatic N) is 2. The van der Waals surface area contributed by atoms with Crippen molar-refractivity contribution >= 4 is 11.3 Å². The number of rotatable bonds is 9. The third-order valence-corrected chi connectivity index (χ3v) is 7.82. The van der Waals surface area contributed by atoms with Gasteiger partial charge in [-0.1, -0.05) is 69.3 Å². The molecule has 0 radical (unpaired) electrons. The van der Waals surface area contributed by atoms with E-state index in [0.29, 0.717) is 5.92 Å². The van der Waals surface area contributed by atoms with E-state index in [4.69, 9.17) is 0 Å². The Morgan fingerprint density at radius 3 is 2.56 bits per heavy atom. The number of aryl methyl sites for hydroxylation is 1. The minimum atomic E-state index is 0.194. The molecule has 1 heterocycles. The molecule has 0 aromatic heterocycles. The molecule has 0 amide bonds. The van der Waals surface area contributed by atoms with Gasteiger partial charge in [0.15, 0.2) is 0 Å². The SMILES string of the molecule is C=C(CCCN1CCC(C)[C@@](C)(c2cccc(N(C)CCC)c2C)C1)c1ccc(C)cc1. The summed E-state index contributed by atoms with van der Waals surface area (Å²) in [7, 11) is 2.23. The molecule has 0 saturated carbocycles. The molecular formula is C30H44N2. The Labute approximate surface area is 197 Å². The highest BCUT2D eigenvalue weighted by Crippen LogP contribution is 2.42. The summed E-state index contributed by atoms with van der Waals surface area (Å²) in [6.07, 6.45) is 4.69. The summed E-state index contributed by atoms with van der Waals surface area (Å²) < 4.78 is 0. The molecule has 2 aromatic rings. The number of likely N-dealkylation sites (tertiary alicyclic amines) is 1. The lowest BCUT2D eigenvalue weighted by atomic mass is 9.67. The van der Waals surface area contributed by atoms with Crippen LogP contribution in [0.3, 0.4) is 0 Å². The van der Waals surface area contributed by atoms with Crippen LogP contribution >= 0.6 is 0 Å². The predicted molar refractivity (Wildman–Crippen MR) is 142 cm³/mol. The van der Waals surface area contributed by atoms with Crippen molar-refractivity contribution in [3.63, 3.8) is 0 Å². The minimum absolute atomic E-state index is 0.194. The number of hydrogen-bond donors (Lipinski definition) is 0. The van der Waals surface area contributed by atoms with Gasteiger partial charge in [-0.05, 0) is 86.9 Å². The molecule has 1 fully saturated rings. The molecule has 0 N–H and O–H groups in total. The quantitative estimate of drug-likeness (QED) is 0.412. The zero-order chi connectivity index (χ0) is 23.3.